The smallest absolute Gasteiger partial charge is 0.249 e. The average Bonchev–Trinajstić information content (AvgIpc) is 3.33. The van der Waals surface area contributed by atoms with E-state index in [2.05, 4.69) is 10.1 Å². The molecule has 1 unspecified atom stereocenters. The number of rotatable bonds is 4. The van der Waals surface area contributed by atoms with Crippen LogP contribution in [-0.4, -0.2) is 27.5 Å². The second-order valence-electron chi connectivity index (χ2n) is 7.17. The summed E-state index contributed by atoms with van der Waals surface area (Å²) in [6, 6.07) is 15.9. The second-order valence-corrected chi connectivity index (χ2v) is 7.17. The van der Waals surface area contributed by atoms with E-state index in [0.29, 0.717) is 18.1 Å². The van der Waals surface area contributed by atoms with Gasteiger partial charge in [-0.3, -0.25) is 4.79 Å². The molecule has 1 saturated heterocycles. The zero-order chi connectivity index (χ0) is 18.8. The summed E-state index contributed by atoms with van der Waals surface area (Å²) in [6.07, 6.45) is 2.21. The average molecular weight is 361 g/mol. The van der Waals surface area contributed by atoms with E-state index in [9.17, 15) is 4.79 Å². The first-order valence-electron chi connectivity index (χ1n) is 9.36. The first-order valence-corrected chi connectivity index (χ1v) is 9.36. The normalized spacial score (nSPS) is 16.7. The summed E-state index contributed by atoms with van der Waals surface area (Å²) in [7, 11) is 0. The summed E-state index contributed by atoms with van der Waals surface area (Å²) in [4.78, 5) is 19.4. The highest BCUT2D eigenvalue weighted by atomic mass is 16.5. The number of aryl methyl sites for hydroxylation is 2. The van der Waals surface area contributed by atoms with Crippen LogP contribution in [0.4, 0.5) is 0 Å². The van der Waals surface area contributed by atoms with Gasteiger partial charge in [0.25, 0.3) is 0 Å². The van der Waals surface area contributed by atoms with Gasteiger partial charge in [0.2, 0.25) is 17.6 Å². The Hall–Kier alpha value is -2.95. The van der Waals surface area contributed by atoms with Gasteiger partial charge in [-0.15, -0.1) is 0 Å². The van der Waals surface area contributed by atoms with Gasteiger partial charge in [-0.2, -0.15) is 4.98 Å². The van der Waals surface area contributed by atoms with E-state index >= 15 is 0 Å². The molecule has 1 fully saturated rings. The molecule has 3 aromatic rings. The first kappa shape index (κ1) is 17.5. The van der Waals surface area contributed by atoms with E-state index in [1.165, 1.54) is 0 Å². The minimum absolute atomic E-state index is 0.113. The van der Waals surface area contributed by atoms with Gasteiger partial charge in [0.15, 0.2) is 0 Å². The largest absolute Gasteiger partial charge is 0.337 e. The molecule has 27 heavy (non-hydrogen) atoms. The fraction of sp³-hybridized carbons (Fsp3) is 0.318. The lowest BCUT2D eigenvalue weighted by Gasteiger charge is -2.22. The second kappa shape index (κ2) is 7.35. The van der Waals surface area contributed by atoms with Crippen LogP contribution in [0.2, 0.25) is 0 Å². The van der Waals surface area contributed by atoms with Gasteiger partial charge in [0.1, 0.15) is 6.04 Å². The number of carbonyl (C=O) groups is 1. The molecule has 0 aliphatic carbocycles. The number of likely N-dealkylation sites (tertiary alicyclic amines) is 1. The summed E-state index contributed by atoms with van der Waals surface area (Å²) >= 11 is 0. The van der Waals surface area contributed by atoms with Crippen molar-refractivity contribution in [2.75, 3.05) is 6.54 Å². The van der Waals surface area contributed by atoms with Crippen molar-refractivity contribution in [3.8, 4) is 11.4 Å². The van der Waals surface area contributed by atoms with Crippen LogP contribution in [0.3, 0.4) is 0 Å². The Kier molecular flexibility index (Phi) is 4.75. The highest BCUT2D eigenvalue weighted by Crippen LogP contribution is 2.32. The third-order valence-corrected chi connectivity index (χ3v) is 5.18. The van der Waals surface area contributed by atoms with E-state index < -0.39 is 0 Å². The molecule has 2 aromatic carbocycles. The molecule has 0 bridgehead atoms. The Morgan fingerprint density at radius 1 is 1.19 bits per heavy atom. The third-order valence-electron chi connectivity index (χ3n) is 5.18. The van der Waals surface area contributed by atoms with E-state index in [-0.39, 0.29) is 11.9 Å². The van der Waals surface area contributed by atoms with Gasteiger partial charge < -0.3 is 9.42 Å². The molecule has 0 spiro atoms. The van der Waals surface area contributed by atoms with Gasteiger partial charge in [0, 0.05) is 12.1 Å². The highest BCUT2D eigenvalue weighted by molar-refractivity contribution is 5.79. The maximum atomic E-state index is 12.9. The molecule has 0 radical (unpaired) electrons. The summed E-state index contributed by atoms with van der Waals surface area (Å²) in [6.45, 7) is 4.81. The number of hydrogen-bond donors (Lipinski definition) is 0. The minimum atomic E-state index is -0.132. The van der Waals surface area contributed by atoms with Crippen molar-refractivity contribution in [2.45, 2.75) is 39.2 Å². The first-order chi connectivity index (χ1) is 13.1. The van der Waals surface area contributed by atoms with Crippen LogP contribution in [-0.2, 0) is 11.2 Å². The molecule has 138 valence electrons. The third kappa shape index (κ3) is 3.63. The van der Waals surface area contributed by atoms with Crippen molar-refractivity contribution in [1.82, 2.24) is 15.0 Å². The standard InChI is InChI=1S/C22H23N3O2/c1-15-7-5-10-18(13-15)21-23-22(27-24-21)19-11-6-12-25(19)20(26)14-17-9-4-3-8-16(17)2/h3-5,7-10,13,19H,6,11-12,14H2,1-2H3. The predicted octanol–water partition coefficient (Wildman–Crippen LogP) is 4.26. The Morgan fingerprint density at radius 3 is 2.85 bits per heavy atom. The van der Waals surface area contributed by atoms with Crippen molar-refractivity contribution < 1.29 is 9.32 Å². The fourth-order valence-corrected chi connectivity index (χ4v) is 3.67. The highest BCUT2D eigenvalue weighted by Gasteiger charge is 2.34. The lowest BCUT2D eigenvalue weighted by Crippen LogP contribution is -2.32. The lowest BCUT2D eigenvalue weighted by molar-refractivity contribution is -0.131. The molecule has 5 heteroatoms. The summed E-state index contributed by atoms with van der Waals surface area (Å²) in [5.41, 5.74) is 4.29. The van der Waals surface area contributed by atoms with Gasteiger partial charge in [-0.25, -0.2) is 0 Å². The Morgan fingerprint density at radius 2 is 2.04 bits per heavy atom. The molecule has 1 aliphatic heterocycles. The van der Waals surface area contributed by atoms with E-state index in [4.69, 9.17) is 4.52 Å². The van der Waals surface area contributed by atoms with Gasteiger partial charge in [-0.1, -0.05) is 53.2 Å². The predicted molar refractivity (Wildman–Crippen MR) is 103 cm³/mol. The molecule has 1 aromatic heterocycles. The van der Waals surface area contributed by atoms with E-state index in [0.717, 1.165) is 41.6 Å². The Balaban J connectivity index is 1.53. The Labute approximate surface area is 159 Å². The Bertz CT molecular complexity index is 963. The molecule has 0 saturated carbocycles. The quantitative estimate of drug-likeness (QED) is 0.697. The topological polar surface area (TPSA) is 59.2 Å². The molecule has 0 N–H and O–H groups in total. The van der Waals surface area contributed by atoms with Crippen LogP contribution in [0.15, 0.2) is 53.1 Å². The van der Waals surface area contributed by atoms with Crippen LogP contribution in [0.5, 0.6) is 0 Å². The van der Waals surface area contributed by atoms with E-state index in [1.807, 2.05) is 67.3 Å². The van der Waals surface area contributed by atoms with Crippen LogP contribution in [0, 0.1) is 13.8 Å². The maximum Gasteiger partial charge on any atom is 0.249 e. The van der Waals surface area contributed by atoms with Crippen molar-refractivity contribution in [2.24, 2.45) is 0 Å². The van der Waals surface area contributed by atoms with Crippen molar-refractivity contribution in [3.05, 3.63) is 71.1 Å². The zero-order valence-corrected chi connectivity index (χ0v) is 15.7. The number of aromatic nitrogens is 2. The fourth-order valence-electron chi connectivity index (χ4n) is 3.67. The van der Waals surface area contributed by atoms with Crippen LogP contribution in [0.25, 0.3) is 11.4 Å². The summed E-state index contributed by atoms with van der Waals surface area (Å²) < 4.78 is 5.54. The number of nitrogens with zero attached hydrogens (tertiary/aromatic N) is 3. The molecular weight excluding hydrogens is 338 g/mol. The lowest BCUT2D eigenvalue weighted by atomic mass is 10.1. The van der Waals surface area contributed by atoms with Crippen molar-refractivity contribution in [1.29, 1.82) is 0 Å². The zero-order valence-electron chi connectivity index (χ0n) is 15.7. The minimum Gasteiger partial charge on any atom is -0.337 e. The molecule has 5 nitrogen and oxygen atoms in total. The monoisotopic (exact) mass is 361 g/mol. The number of amides is 1. The summed E-state index contributed by atoms with van der Waals surface area (Å²) in [5.74, 6) is 1.22. The van der Waals surface area contributed by atoms with Crippen molar-refractivity contribution >= 4 is 5.91 Å². The summed E-state index contributed by atoms with van der Waals surface area (Å²) in [5, 5.41) is 4.14. The maximum absolute atomic E-state index is 12.9. The van der Waals surface area contributed by atoms with Gasteiger partial charge in [0.05, 0.1) is 6.42 Å². The van der Waals surface area contributed by atoms with Gasteiger partial charge in [-0.05, 0) is 43.9 Å². The number of hydrogen-bond acceptors (Lipinski definition) is 4. The van der Waals surface area contributed by atoms with Crippen LogP contribution >= 0.6 is 0 Å². The van der Waals surface area contributed by atoms with Gasteiger partial charge >= 0.3 is 0 Å². The van der Waals surface area contributed by atoms with Crippen molar-refractivity contribution in [3.63, 3.8) is 0 Å². The molecule has 2 heterocycles. The van der Waals surface area contributed by atoms with Crippen LogP contribution < -0.4 is 0 Å². The SMILES string of the molecule is Cc1cccc(-c2noc(C3CCCN3C(=O)Cc3ccccc3C)n2)c1. The molecule has 1 atom stereocenters. The van der Waals surface area contributed by atoms with E-state index in [1.54, 1.807) is 0 Å². The molecule has 1 amide bonds. The number of carbonyl (C=O) groups excluding carboxylic acids is 1. The van der Waals surface area contributed by atoms with Crippen LogP contribution in [0.1, 0.15) is 41.5 Å². The number of benzene rings is 2. The molecule has 1 aliphatic rings. The molecular formula is C22H23N3O2. The molecule has 4 rings (SSSR count).